The maximum absolute atomic E-state index is 13.0. The Morgan fingerprint density at radius 3 is 2.62 bits per heavy atom. The van der Waals surface area contributed by atoms with Crippen LogP contribution in [0.3, 0.4) is 0 Å². The van der Waals surface area contributed by atoms with Crippen molar-refractivity contribution < 1.29 is 4.79 Å². The van der Waals surface area contributed by atoms with Crippen LogP contribution in [-0.4, -0.2) is 51.8 Å². The molecule has 2 aromatic heterocycles. The Labute approximate surface area is 158 Å². The molecule has 6 nitrogen and oxygen atoms in total. The van der Waals surface area contributed by atoms with E-state index in [4.69, 9.17) is 11.6 Å². The SMILES string of the molecule is Cc1cc(C)n(-c2ccc(Cl)c(C(=O)N3CCC4(CCNC4)CC3)n2)n1. The minimum atomic E-state index is -0.0841. The van der Waals surface area contributed by atoms with Gasteiger partial charge in [0, 0.05) is 25.3 Å². The number of hydrogen-bond acceptors (Lipinski definition) is 4. The second kappa shape index (κ2) is 6.67. The number of carbonyl (C=O) groups is 1. The number of likely N-dealkylation sites (tertiary alicyclic amines) is 1. The molecular weight excluding hydrogens is 350 g/mol. The van der Waals surface area contributed by atoms with Crippen LogP contribution in [0.15, 0.2) is 18.2 Å². The summed E-state index contributed by atoms with van der Waals surface area (Å²) in [4.78, 5) is 19.5. The number of halogens is 1. The molecule has 0 saturated carbocycles. The van der Waals surface area contributed by atoms with Gasteiger partial charge in [-0.05, 0) is 63.3 Å². The Bertz CT molecular complexity index is 830. The molecule has 2 saturated heterocycles. The number of aromatic nitrogens is 3. The lowest BCUT2D eigenvalue weighted by Crippen LogP contribution is -2.44. The summed E-state index contributed by atoms with van der Waals surface area (Å²) >= 11 is 6.31. The highest BCUT2D eigenvalue weighted by atomic mass is 35.5. The van der Waals surface area contributed by atoms with E-state index < -0.39 is 0 Å². The standard InChI is InChI=1S/C19H24ClN5O/c1-13-11-14(2)25(23-13)16-4-3-15(20)17(22-16)18(26)24-9-6-19(7-10-24)5-8-21-12-19/h3-4,11,21H,5-10,12H2,1-2H3. The lowest BCUT2D eigenvalue weighted by atomic mass is 9.78. The number of rotatable bonds is 2. The van der Waals surface area contributed by atoms with Gasteiger partial charge in [-0.2, -0.15) is 5.10 Å². The van der Waals surface area contributed by atoms with Gasteiger partial charge in [-0.1, -0.05) is 11.6 Å². The van der Waals surface area contributed by atoms with Crippen molar-refractivity contribution in [2.75, 3.05) is 26.2 Å². The lowest BCUT2D eigenvalue weighted by Gasteiger charge is -2.38. The second-order valence-corrected chi connectivity index (χ2v) is 7.96. The van der Waals surface area contributed by atoms with Gasteiger partial charge in [0.1, 0.15) is 5.69 Å². The fourth-order valence-electron chi connectivity index (χ4n) is 4.12. The highest BCUT2D eigenvalue weighted by Gasteiger charge is 2.38. The van der Waals surface area contributed by atoms with Crippen LogP contribution in [-0.2, 0) is 0 Å². The number of amides is 1. The molecule has 1 N–H and O–H groups in total. The molecule has 0 unspecified atom stereocenters. The quantitative estimate of drug-likeness (QED) is 0.879. The Hall–Kier alpha value is -1.92. The third-order valence-corrected chi connectivity index (χ3v) is 6.01. The molecule has 4 rings (SSSR count). The Morgan fingerprint density at radius 2 is 2.00 bits per heavy atom. The summed E-state index contributed by atoms with van der Waals surface area (Å²) in [5.74, 6) is 0.538. The molecule has 0 atom stereocenters. The maximum Gasteiger partial charge on any atom is 0.274 e. The van der Waals surface area contributed by atoms with E-state index in [1.807, 2.05) is 24.8 Å². The molecule has 0 aromatic carbocycles. The van der Waals surface area contributed by atoms with Crippen LogP contribution in [0, 0.1) is 19.3 Å². The zero-order valence-electron chi connectivity index (χ0n) is 15.3. The van der Waals surface area contributed by atoms with Crippen molar-refractivity contribution in [1.82, 2.24) is 25.0 Å². The molecule has 2 fully saturated rings. The highest BCUT2D eigenvalue weighted by molar-refractivity contribution is 6.33. The third kappa shape index (κ3) is 3.12. The zero-order valence-corrected chi connectivity index (χ0v) is 16.0. The molecular formula is C19H24ClN5O. The topological polar surface area (TPSA) is 63.1 Å². The van der Waals surface area contributed by atoms with Crippen molar-refractivity contribution in [2.45, 2.75) is 33.1 Å². The molecule has 138 valence electrons. The van der Waals surface area contributed by atoms with Crippen LogP contribution in [0.5, 0.6) is 0 Å². The second-order valence-electron chi connectivity index (χ2n) is 7.56. The smallest absolute Gasteiger partial charge is 0.274 e. The molecule has 1 amide bonds. The summed E-state index contributed by atoms with van der Waals surface area (Å²) < 4.78 is 1.75. The van der Waals surface area contributed by atoms with E-state index in [1.165, 1.54) is 6.42 Å². The molecule has 0 radical (unpaired) electrons. The van der Waals surface area contributed by atoms with Crippen LogP contribution >= 0.6 is 11.6 Å². The maximum atomic E-state index is 13.0. The molecule has 26 heavy (non-hydrogen) atoms. The Morgan fingerprint density at radius 1 is 1.23 bits per heavy atom. The van der Waals surface area contributed by atoms with E-state index in [2.05, 4.69) is 15.4 Å². The van der Waals surface area contributed by atoms with E-state index in [0.717, 1.165) is 50.4 Å². The predicted molar refractivity (Wildman–Crippen MR) is 101 cm³/mol. The molecule has 2 aliphatic heterocycles. The van der Waals surface area contributed by atoms with Crippen molar-refractivity contribution in [3.05, 3.63) is 40.3 Å². The minimum absolute atomic E-state index is 0.0841. The molecule has 2 aromatic rings. The van der Waals surface area contributed by atoms with Gasteiger partial charge in [-0.15, -0.1) is 0 Å². The number of pyridine rings is 1. The fraction of sp³-hybridized carbons (Fsp3) is 0.526. The van der Waals surface area contributed by atoms with Gasteiger partial charge in [-0.25, -0.2) is 9.67 Å². The van der Waals surface area contributed by atoms with E-state index in [0.29, 0.717) is 21.9 Å². The van der Waals surface area contributed by atoms with Crippen LogP contribution < -0.4 is 5.32 Å². The normalized spacial score (nSPS) is 19.3. The zero-order chi connectivity index (χ0) is 18.3. The molecule has 0 bridgehead atoms. The first-order valence-corrected chi connectivity index (χ1v) is 9.55. The summed E-state index contributed by atoms with van der Waals surface area (Å²) in [5, 5.41) is 8.30. The monoisotopic (exact) mass is 373 g/mol. The first kappa shape index (κ1) is 17.5. The molecule has 1 spiro atoms. The number of nitrogens with zero attached hydrogens (tertiary/aromatic N) is 4. The summed E-state index contributed by atoms with van der Waals surface area (Å²) in [6.07, 6.45) is 3.29. The number of aryl methyl sites for hydroxylation is 2. The minimum Gasteiger partial charge on any atom is -0.337 e. The first-order valence-electron chi connectivity index (χ1n) is 9.18. The van der Waals surface area contributed by atoms with Crippen molar-refractivity contribution in [3.8, 4) is 5.82 Å². The van der Waals surface area contributed by atoms with Crippen LogP contribution in [0.4, 0.5) is 0 Å². The summed E-state index contributed by atoms with van der Waals surface area (Å²) in [6, 6.07) is 5.52. The van der Waals surface area contributed by atoms with E-state index >= 15 is 0 Å². The number of nitrogens with one attached hydrogen (secondary N) is 1. The Kier molecular flexibility index (Phi) is 4.49. The largest absolute Gasteiger partial charge is 0.337 e. The molecule has 4 heterocycles. The van der Waals surface area contributed by atoms with Crippen LogP contribution in [0.1, 0.15) is 41.1 Å². The number of hydrogen-bond donors (Lipinski definition) is 1. The van der Waals surface area contributed by atoms with Crippen LogP contribution in [0.2, 0.25) is 5.02 Å². The molecule has 7 heteroatoms. The van der Waals surface area contributed by atoms with Crippen molar-refractivity contribution in [3.63, 3.8) is 0 Å². The van der Waals surface area contributed by atoms with Gasteiger partial charge in [-0.3, -0.25) is 4.79 Å². The molecule has 2 aliphatic rings. The van der Waals surface area contributed by atoms with Crippen molar-refractivity contribution in [1.29, 1.82) is 0 Å². The van der Waals surface area contributed by atoms with Gasteiger partial charge in [0.25, 0.3) is 5.91 Å². The fourth-order valence-corrected chi connectivity index (χ4v) is 4.30. The third-order valence-electron chi connectivity index (χ3n) is 5.70. The van der Waals surface area contributed by atoms with Gasteiger partial charge in [0.15, 0.2) is 5.82 Å². The summed E-state index contributed by atoms with van der Waals surface area (Å²) in [7, 11) is 0. The lowest BCUT2D eigenvalue weighted by molar-refractivity contribution is 0.0602. The van der Waals surface area contributed by atoms with Gasteiger partial charge < -0.3 is 10.2 Å². The van der Waals surface area contributed by atoms with E-state index in [-0.39, 0.29) is 5.91 Å². The molecule has 0 aliphatic carbocycles. The van der Waals surface area contributed by atoms with Gasteiger partial charge in [0.05, 0.1) is 10.7 Å². The van der Waals surface area contributed by atoms with Crippen molar-refractivity contribution in [2.24, 2.45) is 5.41 Å². The Balaban J connectivity index is 1.56. The van der Waals surface area contributed by atoms with Crippen molar-refractivity contribution >= 4 is 17.5 Å². The average Bonchev–Trinajstić information content (AvgIpc) is 3.22. The number of piperidine rings is 1. The van der Waals surface area contributed by atoms with E-state index in [1.54, 1.807) is 16.8 Å². The number of carbonyl (C=O) groups excluding carboxylic acids is 1. The summed E-state index contributed by atoms with van der Waals surface area (Å²) in [6.45, 7) is 7.60. The highest BCUT2D eigenvalue weighted by Crippen LogP contribution is 2.37. The van der Waals surface area contributed by atoms with Crippen LogP contribution in [0.25, 0.3) is 5.82 Å². The van der Waals surface area contributed by atoms with E-state index in [9.17, 15) is 4.79 Å². The van der Waals surface area contributed by atoms with Gasteiger partial charge >= 0.3 is 0 Å². The van der Waals surface area contributed by atoms with Gasteiger partial charge in [0.2, 0.25) is 0 Å². The average molecular weight is 374 g/mol. The predicted octanol–water partition coefficient (Wildman–Crippen LogP) is 2.75. The first-order chi connectivity index (χ1) is 12.5. The summed E-state index contributed by atoms with van der Waals surface area (Å²) in [5.41, 5.74) is 2.58.